The first kappa shape index (κ1) is 11.7. The molecule has 2 rings (SSSR count). The predicted octanol–water partition coefficient (Wildman–Crippen LogP) is 2.98. The maximum Gasteiger partial charge on any atom is 0.190 e. The quantitative estimate of drug-likeness (QED) is 0.831. The first-order valence-electron chi connectivity index (χ1n) is 5.30. The zero-order valence-electron chi connectivity index (χ0n) is 9.63. The van der Waals surface area contributed by atoms with E-state index in [1.54, 1.807) is 35.6 Å². The fraction of sp³-hybridized carbons (Fsp3) is 0.154. The van der Waals surface area contributed by atoms with E-state index in [4.69, 9.17) is 0 Å². The number of thiazole rings is 1. The number of aromatic nitrogens is 1. The number of aryl methyl sites for hydroxylation is 1. The Morgan fingerprint density at radius 2 is 2.12 bits per heavy atom. The highest BCUT2D eigenvalue weighted by atomic mass is 32.1. The van der Waals surface area contributed by atoms with Crippen LogP contribution >= 0.6 is 11.3 Å². The molecule has 1 aromatic heterocycles. The number of phenols is 1. The Kier molecular flexibility index (Phi) is 3.44. The average molecular weight is 246 g/mol. The van der Waals surface area contributed by atoms with Crippen LogP contribution in [0.15, 0.2) is 47.3 Å². The van der Waals surface area contributed by atoms with Crippen molar-refractivity contribution in [2.45, 2.75) is 13.5 Å². The molecular formula is C13H14N2OS. The van der Waals surface area contributed by atoms with E-state index < -0.39 is 0 Å². The zero-order valence-corrected chi connectivity index (χ0v) is 10.4. The monoisotopic (exact) mass is 246 g/mol. The van der Waals surface area contributed by atoms with Gasteiger partial charge in [0.1, 0.15) is 5.75 Å². The van der Waals surface area contributed by atoms with E-state index in [-0.39, 0.29) is 5.75 Å². The fourth-order valence-electron chi connectivity index (χ4n) is 1.49. The van der Waals surface area contributed by atoms with Crippen molar-refractivity contribution in [2.75, 3.05) is 0 Å². The first-order chi connectivity index (χ1) is 8.20. The number of nitrogens with zero attached hydrogens (tertiary/aromatic N) is 2. The summed E-state index contributed by atoms with van der Waals surface area (Å²) in [6.07, 6.45) is 1.86. The van der Waals surface area contributed by atoms with Crippen LogP contribution in [0.1, 0.15) is 5.69 Å². The maximum atomic E-state index is 9.21. The molecule has 1 N–H and O–H groups in total. The number of benzene rings is 1. The summed E-state index contributed by atoms with van der Waals surface area (Å²) in [5.74, 6) is 0.255. The van der Waals surface area contributed by atoms with Crippen molar-refractivity contribution < 1.29 is 5.11 Å². The van der Waals surface area contributed by atoms with Crippen molar-refractivity contribution in [1.29, 1.82) is 0 Å². The molecule has 0 spiro atoms. The molecule has 0 fully saturated rings. The van der Waals surface area contributed by atoms with E-state index in [9.17, 15) is 5.11 Å². The second-order valence-corrected chi connectivity index (χ2v) is 4.52. The molecule has 1 aromatic carbocycles. The van der Waals surface area contributed by atoms with Crippen LogP contribution in [0.3, 0.4) is 0 Å². The standard InChI is InChI=1S/C13H14N2OS/c1-3-8-15-10(2)9-17-13(15)14-11-4-6-12(16)7-5-11/h3-7,9,16H,1,8H2,2H3. The third-order valence-electron chi connectivity index (χ3n) is 2.38. The number of hydrogen-bond donors (Lipinski definition) is 1. The van der Waals surface area contributed by atoms with Crippen molar-refractivity contribution in [3.63, 3.8) is 0 Å². The highest BCUT2D eigenvalue weighted by Gasteiger charge is 1.99. The van der Waals surface area contributed by atoms with Crippen LogP contribution in [0.5, 0.6) is 5.75 Å². The van der Waals surface area contributed by atoms with Gasteiger partial charge in [-0.25, -0.2) is 4.99 Å². The summed E-state index contributed by atoms with van der Waals surface area (Å²) in [4.78, 5) is 5.48. The highest BCUT2D eigenvalue weighted by molar-refractivity contribution is 7.07. The molecule has 0 unspecified atom stereocenters. The third kappa shape index (κ3) is 2.65. The molecule has 0 saturated carbocycles. The lowest BCUT2D eigenvalue weighted by Gasteiger charge is -2.01. The molecule has 17 heavy (non-hydrogen) atoms. The SMILES string of the molecule is C=CCn1c(C)csc1=Nc1ccc(O)cc1. The lowest BCUT2D eigenvalue weighted by molar-refractivity contribution is 0.475. The summed E-state index contributed by atoms with van der Waals surface area (Å²) >= 11 is 1.60. The van der Waals surface area contributed by atoms with E-state index in [0.29, 0.717) is 0 Å². The Hall–Kier alpha value is -1.81. The zero-order chi connectivity index (χ0) is 12.3. The van der Waals surface area contributed by atoms with Crippen molar-refractivity contribution in [2.24, 2.45) is 4.99 Å². The molecule has 0 radical (unpaired) electrons. The van der Waals surface area contributed by atoms with Gasteiger partial charge in [0.05, 0.1) is 5.69 Å². The number of rotatable bonds is 3. The lowest BCUT2D eigenvalue weighted by atomic mass is 10.3. The Morgan fingerprint density at radius 1 is 1.41 bits per heavy atom. The lowest BCUT2D eigenvalue weighted by Crippen LogP contribution is -2.14. The van der Waals surface area contributed by atoms with Gasteiger partial charge in [-0.3, -0.25) is 0 Å². The van der Waals surface area contributed by atoms with Crippen molar-refractivity contribution in [3.05, 3.63) is 52.8 Å². The van der Waals surface area contributed by atoms with E-state index in [1.807, 2.05) is 6.08 Å². The van der Waals surface area contributed by atoms with Crippen LogP contribution in [0.25, 0.3) is 0 Å². The number of aromatic hydroxyl groups is 1. The minimum Gasteiger partial charge on any atom is -0.508 e. The van der Waals surface area contributed by atoms with E-state index in [2.05, 4.69) is 28.4 Å². The van der Waals surface area contributed by atoms with E-state index in [0.717, 1.165) is 17.0 Å². The van der Waals surface area contributed by atoms with Crippen LogP contribution in [-0.2, 0) is 6.54 Å². The number of hydrogen-bond acceptors (Lipinski definition) is 3. The Morgan fingerprint density at radius 3 is 2.76 bits per heavy atom. The molecule has 0 aliphatic carbocycles. The Labute approximate surface area is 104 Å². The summed E-state index contributed by atoms with van der Waals surface area (Å²) in [6, 6.07) is 6.86. The van der Waals surface area contributed by atoms with Crippen LogP contribution in [0.2, 0.25) is 0 Å². The van der Waals surface area contributed by atoms with Gasteiger partial charge in [-0.1, -0.05) is 6.08 Å². The largest absolute Gasteiger partial charge is 0.508 e. The van der Waals surface area contributed by atoms with Crippen molar-refractivity contribution in [3.8, 4) is 5.75 Å². The predicted molar refractivity (Wildman–Crippen MR) is 70.6 cm³/mol. The Balaban J connectivity index is 2.45. The van der Waals surface area contributed by atoms with E-state index >= 15 is 0 Å². The van der Waals surface area contributed by atoms with Crippen LogP contribution < -0.4 is 4.80 Å². The van der Waals surface area contributed by atoms with E-state index in [1.165, 1.54) is 5.69 Å². The Bertz CT molecular complexity index is 578. The molecule has 0 aliphatic heterocycles. The molecular weight excluding hydrogens is 232 g/mol. The molecule has 4 heteroatoms. The molecule has 1 heterocycles. The summed E-state index contributed by atoms with van der Waals surface area (Å²) in [5.41, 5.74) is 2.01. The average Bonchev–Trinajstić information content (AvgIpc) is 2.65. The van der Waals surface area contributed by atoms with Crippen molar-refractivity contribution in [1.82, 2.24) is 4.57 Å². The van der Waals surface area contributed by atoms with Gasteiger partial charge in [0.2, 0.25) is 0 Å². The molecule has 0 amide bonds. The van der Waals surface area contributed by atoms with Crippen LogP contribution in [0, 0.1) is 6.92 Å². The highest BCUT2D eigenvalue weighted by Crippen LogP contribution is 2.16. The molecule has 0 bridgehead atoms. The minimum atomic E-state index is 0.255. The summed E-state index contributed by atoms with van der Waals surface area (Å²) < 4.78 is 2.10. The number of allylic oxidation sites excluding steroid dienone is 1. The normalized spacial score (nSPS) is 11.7. The van der Waals surface area contributed by atoms with Gasteiger partial charge in [-0.2, -0.15) is 0 Å². The van der Waals surface area contributed by atoms with Gasteiger partial charge in [-0.15, -0.1) is 17.9 Å². The fourth-order valence-corrected chi connectivity index (χ4v) is 2.40. The number of phenolic OH excluding ortho intramolecular Hbond substituents is 1. The molecule has 0 saturated heterocycles. The van der Waals surface area contributed by atoms with Gasteiger partial charge < -0.3 is 9.67 Å². The minimum absolute atomic E-state index is 0.255. The first-order valence-corrected chi connectivity index (χ1v) is 6.18. The second-order valence-electron chi connectivity index (χ2n) is 3.69. The summed E-state index contributed by atoms with van der Waals surface area (Å²) in [6.45, 7) is 6.55. The summed E-state index contributed by atoms with van der Waals surface area (Å²) in [7, 11) is 0. The smallest absolute Gasteiger partial charge is 0.190 e. The van der Waals surface area contributed by atoms with Crippen LogP contribution in [-0.4, -0.2) is 9.67 Å². The summed E-state index contributed by atoms with van der Waals surface area (Å²) in [5, 5.41) is 11.3. The van der Waals surface area contributed by atoms with Gasteiger partial charge in [0, 0.05) is 17.6 Å². The second kappa shape index (κ2) is 5.01. The van der Waals surface area contributed by atoms with Gasteiger partial charge in [0.25, 0.3) is 0 Å². The van der Waals surface area contributed by atoms with Crippen LogP contribution in [0.4, 0.5) is 5.69 Å². The molecule has 88 valence electrons. The van der Waals surface area contributed by atoms with Gasteiger partial charge in [0.15, 0.2) is 4.80 Å². The topological polar surface area (TPSA) is 37.5 Å². The molecule has 3 nitrogen and oxygen atoms in total. The van der Waals surface area contributed by atoms with Crippen molar-refractivity contribution >= 4 is 17.0 Å². The molecule has 0 atom stereocenters. The third-order valence-corrected chi connectivity index (χ3v) is 3.36. The van der Waals surface area contributed by atoms with Gasteiger partial charge >= 0.3 is 0 Å². The van der Waals surface area contributed by atoms with Gasteiger partial charge in [-0.05, 0) is 31.2 Å². The molecule has 0 aliphatic rings. The maximum absolute atomic E-state index is 9.21. The molecule has 2 aromatic rings.